The van der Waals surface area contributed by atoms with E-state index >= 15 is 0 Å². The average Bonchev–Trinajstić information content (AvgIpc) is 3.04. The Balaban J connectivity index is 1.74. The first-order chi connectivity index (χ1) is 9.74. The molecule has 0 N–H and O–H groups in total. The zero-order valence-electron chi connectivity index (χ0n) is 12.0. The van der Waals surface area contributed by atoms with Crippen molar-refractivity contribution in [3.05, 3.63) is 17.3 Å². The van der Waals surface area contributed by atoms with Gasteiger partial charge in [-0.2, -0.15) is 0 Å². The summed E-state index contributed by atoms with van der Waals surface area (Å²) in [4.78, 5) is 14.2. The van der Waals surface area contributed by atoms with Gasteiger partial charge in [-0.05, 0) is 44.2 Å². The molecule has 2 atom stereocenters. The highest BCUT2D eigenvalue weighted by molar-refractivity contribution is 7.18. The van der Waals surface area contributed by atoms with Crippen molar-refractivity contribution in [3.8, 4) is 0 Å². The summed E-state index contributed by atoms with van der Waals surface area (Å²) in [7, 11) is 0. The summed E-state index contributed by atoms with van der Waals surface area (Å²) in [5.41, 5.74) is 2.39. The van der Waals surface area contributed by atoms with E-state index in [4.69, 9.17) is 0 Å². The number of aromatic nitrogens is 2. The molecular formula is C15H20N4S. The Morgan fingerprint density at radius 2 is 2.20 bits per heavy atom. The molecule has 4 heterocycles. The van der Waals surface area contributed by atoms with Crippen LogP contribution in [0.1, 0.15) is 25.3 Å². The van der Waals surface area contributed by atoms with Crippen LogP contribution in [0.15, 0.2) is 11.7 Å². The topological polar surface area (TPSA) is 32.3 Å². The molecule has 0 saturated carbocycles. The lowest BCUT2D eigenvalue weighted by Crippen LogP contribution is -2.55. The fourth-order valence-electron chi connectivity index (χ4n) is 3.64. The van der Waals surface area contributed by atoms with Crippen LogP contribution in [0.4, 0.5) is 5.82 Å². The van der Waals surface area contributed by atoms with Crippen LogP contribution in [0.3, 0.4) is 0 Å². The Morgan fingerprint density at radius 1 is 1.30 bits per heavy atom. The summed E-state index contributed by atoms with van der Waals surface area (Å²) in [6, 6.07) is 1.25. The second-order valence-corrected chi connectivity index (χ2v) is 6.97. The van der Waals surface area contributed by atoms with Crippen molar-refractivity contribution in [2.24, 2.45) is 0 Å². The second kappa shape index (κ2) is 4.67. The number of rotatable bonds is 1. The lowest BCUT2D eigenvalue weighted by molar-refractivity contribution is 0.202. The number of nitrogens with zero attached hydrogens (tertiary/aromatic N) is 4. The minimum absolute atomic E-state index is 0.532. The van der Waals surface area contributed by atoms with Gasteiger partial charge in [0.1, 0.15) is 12.1 Å². The number of piperazine rings is 1. The number of aryl methyl sites for hydroxylation is 1. The van der Waals surface area contributed by atoms with Gasteiger partial charge in [-0.15, -0.1) is 11.3 Å². The van der Waals surface area contributed by atoms with Gasteiger partial charge in [0, 0.05) is 25.2 Å². The quantitative estimate of drug-likeness (QED) is 0.807. The summed E-state index contributed by atoms with van der Waals surface area (Å²) in [5, 5.41) is 2.19. The maximum Gasteiger partial charge on any atom is 0.150 e. The predicted octanol–water partition coefficient (Wildman–Crippen LogP) is 2.67. The Labute approximate surface area is 123 Å². The molecule has 5 heteroatoms. The van der Waals surface area contributed by atoms with E-state index in [1.807, 2.05) is 0 Å². The van der Waals surface area contributed by atoms with Gasteiger partial charge in [-0.1, -0.05) is 0 Å². The minimum atomic E-state index is 0.532. The van der Waals surface area contributed by atoms with Gasteiger partial charge in [-0.25, -0.2) is 9.97 Å². The molecule has 2 aliphatic rings. The normalized spacial score (nSPS) is 27.2. The SMILES string of the molecule is Cc1csc2c(N3C[C@@H]4CCCN4C[C@@H]3C)ncnc12. The predicted molar refractivity (Wildman–Crippen MR) is 83.6 cm³/mol. The van der Waals surface area contributed by atoms with E-state index in [1.165, 1.54) is 36.2 Å². The van der Waals surface area contributed by atoms with Crippen LogP contribution >= 0.6 is 11.3 Å². The molecular weight excluding hydrogens is 268 g/mol. The molecule has 106 valence electrons. The van der Waals surface area contributed by atoms with Crippen LogP contribution in [0.25, 0.3) is 10.2 Å². The summed E-state index contributed by atoms with van der Waals surface area (Å²) < 4.78 is 1.25. The van der Waals surface area contributed by atoms with E-state index in [2.05, 4.69) is 39.0 Å². The second-order valence-electron chi connectivity index (χ2n) is 6.09. The van der Waals surface area contributed by atoms with Crippen molar-refractivity contribution in [1.82, 2.24) is 14.9 Å². The van der Waals surface area contributed by atoms with Crippen LogP contribution in [-0.4, -0.2) is 46.6 Å². The van der Waals surface area contributed by atoms with Gasteiger partial charge in [0.25, 0.3) is 0 Å². The molecule has 2 fully saturated rings. The van der Waals surface area contributed by atoms with Crippen molar-refractivity contribution in [2.75, 3.05) is 24.5 Å². The molecule has 2 aromatic heterocycles. The Hall–Kier alpha value is -1.20. The highest BCUT2D eigenvalue weighted by atomic mass is 32.1. The number of hydrogen-bond donors (Lipinski definition) is 0. The van der Waals surface area contributed by atoms with E-state index in [-0.39, 0.29) is 0 Å². The number of hydrogen-bond acceptors (Lipinski definition) is 5. The molecule has 2 aromatic rings. The van der Waals surface area contributed by atoms with Gasteiger partial charge >= 0.3 is 0 Å². The molecule has 0 aliphatic carbocycles. The van der Waals surface area contributed by atoms with E-state index in [9.17, 15) is 0 Å². The Kier molecular flexibility index (Phi) is 2.93. The summed E-state index contributed by atoms with van der Waals surface area (Å²) in [6.45, 7) is 8.02. The third kappa shape index (κ3) is 1.84. The molecule has 0 radical (unpaired) electrons. The van der Waals surface area contributed by atoms with Crippen molar-refractivity contribution in [3.63, 3.8) is 0 Å². The summed E-state index contributed by atoms with van der Waals surface area (Å²) in [5.74, 6) is 1.15. The fourth-order valence-corrected chi connectivity index (χ4v) is 4.65. The number of fused-ring (bicyclic) bond motifs is 2. The molecule has 0 spiro atoms. The molecule has 0 aromatic carbocycles. The van der Waals surface area contributed by atoms with E-state index < -0.39 is 0 Å². The van der Waals surface area contributed by atoms with E-state index in [0.717, 1.165) is 23.9 Å². The lowest BCUT2D eigenvalue weighted by atomic mass is 10.1. The highest BCUT2D eigenvalue weighted by Gasteiger charge is 2.35. The first-order valence-corrected chi connectivity index (χ1v) is 8.31. The van der Waals surface area contributed by atoms with Gasteiger partial charge < -0.3 is 4.90 Å². The first-order valence-electron chi connectivity index (χ1n) is 7.43. The standard InChI is InChI=1S/C15H20N4S/c1-10-8-20-14-13(10)16-9-17-15(14)19-7-12-4-3-5-18(12)6-11(19)2/h8-9,11-12H,3-7H2,1-2H3/t11-,12-/m0/s1. The minimum Gasteiger partial charge on any atom is -0.350 e. The zero-order valence-corrected chi connectivity index (χ0v) is 12.9. The number of anilines is 1. The molecule has 4 rings (SSSR count). The Bertz CT molecular complexity index is 638. The molecule has 0 unspecified atom stereocenters. The van der Waals surface area contributed by atoms with Crippen molar-refractivity contribution in [1.29, 1.82) is 0 Å². The van der Waals surface area contributed by atoms with Gasteiger partial charge in [0.15, 0.2) is 0 Å². The van der Waals surface area contributed by atoms with Crippen LogP contribution in [0.5, 0.6) is 0 Å². The molecule has 2 aliphatic heterocycles. The van der Waals surface area contributed by atoms with Crippen molar-refractivity contribution < 1.29 is 0 Å². The Morgan fingerprint density at radius 3 is 3.10 bits per heavy atom. The third-order valence-electron chi connectivity index (χ3n) is 4.72. The fraction of sp³-hybridized carbons (Fsp3) is 0.600. The van der Waals surface area contributed by atoms with Crippen molar-refractivity contribution >= 4 is 27.4 Å². The third-order valence-corrected chi connectivity index (χ3v) is 5.80. The molecule has 2 saturated heterocycles. The molecule has 4 nitrogen and oxygen atoms in total. The maximum absolute atomic E-state index is 4.62. The van der Waals surface area contributed by atoms with E-state index in [1.54, 1.807) is 17.7 Å². The van der Waals surface area contributed by atoms with Crippen LogP contribution in [-0.2, 0) is 0 Å². The van der Waals surface area contributed by atoms with Crippen molar-refractivity contribution in [2.45, 2.75) is 38.8 Å². The summed E-state index contributed by atoms with van der Waals surface area (Å²) in [6.07, 6.45) is 4.41. The maximum atomic E-state index is 4.62. The van der Waals surface area contributed by atoms with Gasteiger partial charge in [0.2, 0.25) is 0 Å². The largest absolute Gasteiger partial charge is 0.350 e. The number of thiophene rings is 1. The average molecular weight is 288 g/mol. The highest BCUT2D eigenvalue weighted by Crippen LogP contribution is 2.34. The first kappa shape index (κ1) is 12.5. The molecule has 0 amide bonds. The van der Waals surface area contributed by atoms with Gasteiger partial charge in [0.05, 0.1) is 10.2 Å². The van der Waals surface area contributed by atoms with Gasteiger partial charge in [-0.3, -0.25) is 4.90 Å². The van der Waals surface area contributed by atoms with Crippen LogP contribution in [0, 0.1) is 6.92 Å². The summed E-state index contributed by atoms with van der Waals surface area (Å²) >= 11 is 1.78. The molecule has 0 bridgehead atoms. The van der Waals surface area contributed by atoms with Crippen LogP contribution in [0.2, 0.25) is 0 Å². The van der Waals surface area contributed by atoms with Crippen LogP contribution < -0.4 is 4.90 Å². The lowest BCUT2D eigenvalue weighted by Gasteiger charge is -2.43. The monoisotopic (exact) mass is 288 g/mol. The van der Waals surface area contributed by atoms with E-state index in [0.29, 0.717) is 6.04 Å². The molecule has 20 heavy (non-hydrogen) atoms. The smallest absolute Gasteiger partial charge is 0.150 e. The zero-order chi connectivity index (χ0) is 13.7.